The summed E-state index contributed by atoms with van der Waals surface area (Å²) in [6.45, 7) is 9.89. The molecule has 0 spiro atoms. The molecule has 0 unspecified atom stereocenters. The molecular formula is C15H24N4. The summed E-state index contributed by atoms with van der Waals surface area (Å²) in [4.78, 5) is 2.37. The van der Waals surface area contributed by atoms with Gasteiger partial charge in [-0.1, -0.05) is 18.2 Å². The van der Waals surface area contributed by atoms with E-state index in [2.05, 4.69) is 54.6 Å². The third kappa shape index (κ3) is 2.96. The Balaban J connectivity index is 2.34. The molecule has 0 aliphatic carbocycles. The highest BCUT2D eigenvalue weighted by Crippen LogP contribution is 2.20. The molecule has 1 heterocycles. The van der Waals surface area contributed by atoms with Crippen LogP contribution < -0.4 is 5.73 Å². The second-order valence-corrected chi connectivity index (χ2v) is 5.13. The number of nitrogens with two attached hydrogens (primary N) is 1. The average molecular weight is 260 g/mol. The van der Waals surface area contributed by atoms with Gasteiger partial charge in [0.1, 0.15) is 0 Å². The molecule has 0 aliphatic rings. The van der Waals surface area contributed by atoms with Gasteiger partial charge in [0.15, 0.2) is 0 Å². The van der Waals surface area contributed by atoms with Gasteiger partial charge in [-0.05, 0) is 26.8 Å². The number of hydrogen-bond acceptors (Lipinski definition) is 3. The van der Waals surface area contributed by atoms with Crippen molar-refractivity contribution in [2.45, 2.75) is 39.9 Å². The molecule has 1 aromatic carbocycles. The summed E-state index contributed by atoms with van der Waals surface area (Å²) in [5.74, 6) is 0. The van der Waals surface area contributed by atoms with E-state index in [1.807, 2.05) is 0 Å². The predicted octanol–water partition coefficient (Wildman–Crippen LogP) is 2.23. The number of para-hydroxylation sites is 1. The maximum absolute atomic E-state index is 5.70. The zero-order chi connectivity index (χ0) is 13.8. The van der Waals surface area contributed by atoms with Crippen molar-refractivity contribution < 1.29 is 0 Å². The molecular weight excluding hydrogens is 236 g/mol. The van der Waals surface area contributed by atoms with Gasteiger partial charge in [0.2, 0.25) is 0 Å². The highest BCUT2D eigenvalue weighted by molar-refractivity contribution is 5.81. The van der Waals surface area contributed by atoms with Crippen molar-refractivity contribution in [3.05, 3.63) is 30.0 Å². The Labute approximate surface area is 115 Å². The molecule has 4 heteroatoms. The van der Waals surface area contributed by atoms with Crippen LogP contribution in [0.15, 0.2) is 24.3 Å². The molecule has 0 aliphatic heterocycles. The fraction of sp³-hybridized carbons (Fsp3) is 0.533. The minimum atomic E-state index is 0.481. The highest BCUT2D eigenvalue weighted by Gasteiger charge is 2.14. The van der Waals surface area contributed by atoms with Crippen molar-refractivity contribution in [1.29, 1.82) is 0 Å². The van der Waals surface area contributed by atoms with Crippen LogP contribution in [0, 0.1) is 0 Å². The lowest BCUT2D eigenvalue weighted by Gasteiger charge is -2.24. The van der Waals surface area contributed by atoms with Crippen LogP contribution in [-0.2, 0) is 13.1 Å². The van der Waals surface area contributed by atoms with Crippen LogP contribution in [0.5, 0.6) is 0 Å². The van der Waals surface area contributed by atoms with E-state index in [9.17, 15) is 0 Å². The number of nitrogens with zero attached hydrogens (tertiary/aromatic N) is 3. The van der Waals surface area contributed by atoms with Crippen LogP contribution >= 0.6 is 0 Å². The summed E-state index contributed by atoms with van der Waals surface area (Å²) in [7, 11) is 0. The fourth-order valence-electron chi connectivity index (χ4n) is 2.43. The number of rotatable bonds is 6. The van der Waals surface area contributed by atoms with E-state index in [-0.39, 0.29) is 0 Å². The SMILES string of the molecule is CCn1nc(CN(CCN)C(C)C)c2ccccc21. The Bertz CT molecular complexity index is 530. The van der Waals surface area contributed by atoms with Crippen LogP contribution in [0.4, 0.5) is 0 Å². The summed E-state index contributed by atoms with van der Waals surface area (Å²) >= 11 is 0. The highest BCUT2D eigenvalue weighted by atomic mass is 15.3. The van der Waals surface area contributed by atoms with Crippen LogP contribution in [0.25, 0.3) is 10.9 Å². The van der Waals surface area contributed by atoms with Crippen LogP contribution in [-0.4, -0.2) is 33.8 Å². The number of fused-ring (bicyclic) bond motifs is 1. The average Bonchev–Trinajstić information content (AvgIpc) is 2.76. The van der Waals surface area contributed by atoms with E-state index < -0.39 is 0 Å². The third-order valence-electron chi connectivity index (χ3n) is 3.53. The van der Waals surface area contributed by atoms with Crippen molar-refractivity contribution in [2.24, 2.45) is 5.73 Å². The summed E-state index contributed by atoms with van der Waals surface area (Å²) in [6, 6.07) is 8.92. The van der Waals surface area contributed by atoms with Gasteiger partial charge in [-0.2, -0.15) is 5.10 Å². The smallest absolute Gasteiger partial charge is 0.0843 e. The Morgan fingerprint density at radius 1 is 1.32 bits per heavy atom. The number of aryl methyl sites for hydroxylation is 1. The van der Waals surface area contributed by atoms with Crippen molar-refractivity contribution in [1.82, 2.24) is 14.7 Å². The fourth-order valence-corrected chi connectivity index (χ4v) is 2.43. The molecule has 4 nitrogen and oxygen atoms in total. The lowest BCUT2D eigenvalue weighted by atomic mass is 10.2. The Kier molecular flexibility index (Phi) is 4.56. The standard InChI is InChI=1S/C15H24N4/c1-4-19-15-8-6-5-7-13(15)14(17-19)11-18(10-9-16)12(2)3/h5-8,12H,4,9-11,16H2,1-3H3. The normalized spacial score (nSPS) is 11.9. The first-order valence-electron chi connectivity index (χ1n) is 7.06. The Morgan fingerprint density at radius 3 is 2.68 bits per heavy atom. The lowest BCUT2D eigenvalue weighted by molar-refractivity contribution is 0.217. The van der Waals surface area contributed by atoms with Gasteiger partial charge in [-0.3, -0.25) is 9.58 Å². The van der Waals surface area contributed by atoms with Crippen molar-refractivity contribution in [2.75, 3.05) is 13.1 Å². The monoisotopic (exact) mass is 260 g/mol. The van der Waals surface area contributed by atoms with Crippen LogP contribution in [0.3, 0.4) is 0 Å². The molecule has 2 N–H and O–H groups in total. The summed E-state index contributed by atoms with van der Waals surface area (Å²) in [6.07, 6.45) is 0. The van der Waals surface area contributed by atoms with E-state index >= 15 is 0 Å². The van der Waals surface area contributed by atoms with Gasteiger partial charge in [-0.15, -0.1) is 0 Å². The predicted molar refractivity (Wildman–Crippen MR) is 80.0 cm³/mol. The van der Waals surface area contributed by atoms with Crippen molar-refractivity contribution in [3.8, 4) is 0 Å². The molecule has 0 atom stereocenters. The molecule has 104 valence electrons. The summed E-state index contributed by atoms with van der Waals surface area (Å²) in [5, 5.41) is 6.00. The lowest BCUT2D eigenvalue weighted by Crippen LogP contribution is -2.35. The molecule has 0 fully saturated rings. The molecule has 19 heavy (non-hydrogen) atoms. The van der Waals surface area contributed by atoms with Gasteiger partial charge >= 0.3 is 0 Å². The number of aromatic nitrogens is 2. The molecule has 2 aromatic rings. The molecule has 0 saturated heterocycles. The van der Waals surface area contributed by atoms with E-state index in [1.54, 1.807) is 0 Å². The zero-order valence-electron chi connectivity index (χ0n) is 12.1. The molecule has 0 saturated carbocycles. The molecule has 0 bridgehead atoms. The van der Waals surface area contributed by atoms with Crippen LogP contribution in [0.2, 0.25) is 0 Å². The first-order chi connectivity index (χ1) is 9.17. The Hall–Kier alpha value is -1.39. The topological polar surface area (TPSA) is 47.1 Å². The van der Waals surface area contributed by atoms with E-state index in [0.717, 1.165) is 25.3 Å². The number of hydrogen-bond donors (Lipinski definition) is 1. The maximum atomic E-state index is 5.70. The minimum absolute atomic E-state index is 0.481. The Morgan fingerprint density at radius 2 is 2.05 bits per heavy atom. The summed E-state index contributed by atoms with van der Waals surface area (Å²) in [5.41, 5.74) is 8.07. The second-order valence-electron chi connectivity index (χ2n) is 5.13. The number of benzene rings is 1. The van der Waals surface area contributed by atoms with Crippen LogP contribution in [0.1, 0.15) is 26.5 Å². The third-order valence-corrected chi connectivity index (χ3v) is 3.53. The van der Waals surface area contributed by atoms with Gasteiger partial charge < -0.3 is 5.73 Å². The molecule has 0 amide bonds. The van der Waals surface area contributed by atoms with Gasteiger partial charge in [-0.25, -0.2) is 0 Å². The van der Waals surface area contributed by atoms with Gasteiger partial charge in [0.25, 0.3) is 0 Å². The molecule has 0 radical (unpaired) electrons. The molecule has 1 aromatic heterocycles. The first kappa shape index (κ1) is 14.0. The van der Waals surface area contributed by atoms with E-state index in [0.29, 0.717) is 12.6 Å². The van der Waals surface area contributed by atoms with Crippen molar-refractivity contribution in [3.63, 3.8) is 0 Å². The summed E-state index contributed by atoms with van der Waals surface area (Å²) < 4.78 is 2.08. The zero-order valence-corrected chi connectivity index (χ0v) is 12.1. The van der Waals surface area contributed by atoms with Gasteiger partial charge in [0, 0.05) is 37.6 Å². The first-order valence-corrected chi connectivity index (χ1v) is 7.06. The van der Waals surface area contributed by atoms with Gasteiger partial charge in [0.05, 0.1) is 11.2 Å². The molecule has 2 rings (SSSR count). The quantitative estimate of drug-likeness (QED) is 0.866. The second kappa shape index (κ2) is 6.17. The minimum Gasteiger partial charge on any atom is -0.329 e. The van der Waals surface area contributed by atoms with E-state index in [4.69, 9.17) is 10.8 Å². The van der Waals surface area contributed by atoms with E-state index in [1.165, 1.54) is 10.9 Å². The maximum Gasteiger partial charge on any atom is 0.0843 e. The van der Waals surface area contributed by atoms with Crippen molar-refractivity contribution >= 4 is 10.9 Å². The largest absolute Gasteiger partial charge is 0.329 e.